The van der Waals surface area contributed by atoms with Crippen LogP contribution in [0.1, 0.15) is 57.7 Å². The summed E-state index contributed by atoms with van der Waals surface area (Å²) >= 11 is 0. The van der Waals surface area contributed by atoms with Crippen LogP contribution < -0.4 is 5.32 Å². The van der Waals surface area contributed by atoms with Crippen molar-refractivity contribution in [3.63, 3.8) is 0 Å². The molecule has 1 aliphatic rings. The van der Waals surface area contributed by atoms with Crippen molar-refractivity contribution >= 4 is 0 Å². The van der Waals surface area contributed by atoms with Crippen molar-refractivity contribution in [3.8, 4) is 0 Å². The number of oxazole rings is 1. The van der Waals surface area contributed by atoms with Crippen LogP contribution in [0.25, 0.3) is 0 Å². The Hall–Kier alpha value is -0.870. The first-order valence-corrected chi connectivity index (χ1v) is 7.49. The van der Waals surface area contributed by atoms with Gasteiger partial charge in [-0.15, -0.1) is 0 Å². The first kappa shape index (κ1) is 14.5. The molecule has 0 radical (unpaired) electrons. The van der Waals surface area contributed by atoms with Gasteiger partial charge < -0.3 is 9.73 Å². The zero-order chi connectivity index (χ0) is 13.8. The van der Waals surface area contributed by atoms with E-state index in [2.05, 4.69) is 36.0 Å². The molecule has 4 heteroatoms. The molecule has 19 heavy (non-hydrogen) atoms. The smallest absolute Gasteiger partial charge is 0.195 e. The van der Waals surface area contributed by atoms with Crippen LogP contribution in [0.3, 0.4) is 0 Å². The highest BCUT2D eigenvalue weighted by Gasteiger charge is 2.26. The monoisotopic (exact) mass is 265 g/mol. The summed E-state index contributed by atoms with van der Waals surface area (Å²) in [5.74, 6) is 0.884. The van der Waals surface area contributed by atoms with E-state index in [4.69, 9.17) is 4.42 Å². The lowest BCUT2D eigenvalue weighted by molar-refractivity contribution is 0.107. The first-order chi connectivity index (χ1) is 9.11. The van der Waals surface area contributed by atoms with Gasteiger partial charge >= 0.3 is 0 Å². The largest absolute Gasteiger partial charge is 0.449 e. The maximum Gasteiger partial charge on any atom is 0.195 e. The topological polar surface area (TPSA) is 41.3 Å². The maximum atomic E-state index is 5.64. The van der Waals surface area contributed by atoms with Crippen molar-refractivity contribution in [1.29, 1.82) is 0 Å². The summed E-state index contributed by atoms with van der Waals surface area (Å²) in [4.78, 5) is 7.21. The predicted molar refractivity (Wildman–Crippen MR) is 77.2 cm³/mol. The Morgan fingerprint density at radius 2 is 2.21 bits per heavy atom. The van der Waals surface area contributed by atoms with Gasteiger partial charge in [-0.1, -0.05) is 6.42 Å². The minimum absolute atomic E-state index is 0.255. The van der Waals surface area contributed by atoms with Gasteiger partial charge in [0.05, 0.1) is 5.69 Å². The van der Waals surface area contributed by atoms with Gasteiger partial charge in [-0.2, -0.15) is 0 Å². The highest BCUT2D eigenvalue weighted by molar-refractivity contribution is 5.03. The van der Waals surface area contributed by atoms with Gasteiger partial charge in [-0.05, 0) is 47.2 Å². The molecule has 1 aromatic rings. The second kappa shape index (κ2) is 6.53. The van der Waals surface area contributed by atoms with Crippen molar-refractivity contribution in [2.24, 2.45) is 0 Å². The number of nitrogens with zero attached hydrogens (tertiary/aromatic N) is 2. The summed E-state index contributed by atoms with van der Waals surface area (Å²) in [6.07, 6.45) is 6.64. The van der Waals surface area contributed by atoms with Crippen LogP contribution in [0, 0.1) is 0 Å². The van der Waals surface area contributed by atoms with E-state index in [1.54, 1.807) is 6.26 Å². The van der Waals surface area contributed by atoms with Crippen LogP contribution >= 0.6 is 0 Å². The van der Waals surface area contributed by atoms with Crippen LogP contribution in [-0.4, -0.2) is 35.6 Å². The van der Waals surface area contributed by atoms with Crippen LogP contribution in [0.15, 0.2) is 10.7 Å². The van der Waals surface area contributed by atoms with E-state index >= 15 is 0 Å². The van der Waals surface area contributed by atoms with Gasteiger partial charge in [0.1, 0.15) is 6.26 Å². The van der Waals surface area contributed by atoms with E-state index in [1.807, 2.05) is 7.05 Å². The highest BCUT2D eigenvalue weighted by Crippen LogP contribution is 2.23. The van der Waals surface area contributed by atoms with Crippen LogP contribution in [-0.2, 0) is 6.42 Å². The van der Waals surface area contributed by atoms with Crippen molar-refractivity contribution < 1.29 is 4.42 Å². The molecule has 108 valence electrons. The standard InChI is InChI=1S/C15H27N3O/c1-11(2)18-8-6-5-7-13(18)9-15-17-14(10-19-15)12(3)16-4/h10-13,16H,5-9H2,1-4H3. The number of aromatic nitrogens is 1. The van der Waals surface area contributed by atoms with Crippen molar-refractivity contribution in [2.45, 2.75) is 64.6 Å². The fourth-order valence-corrected chi connectivity index (χ4v) is 2.89. The van der Waals surface area contributed by atoms with Gasteiger partial charge in [0.25, 0.3) is 0 Å². The Bertz CT molecular complexity index is 388. The Balaban J connectivity index is 2.00. The van der Waals surface area contributed by atoms with Crippen molar-refractivity contribution in [3.05, 3.63) is 17.8 Å². The fourth-order valence-electron chi connectivity index (χ4n) is 2.89. The van der Waals surface area contributed by atoms with Gasteiger partial charge in [0.2, 0.25) is 0 Å². The van der Waals surface area contributed by atoms with E-state index in [-0.39, 0.29) is 6.04 Å². The minimum atomic E-state index is 0.255. The Morgan fingerprint density at radius 3 is 2.89 bits per heavy atom. The zero-order valence-electron chi connectivity index (χ0n) is 12.6. The van der Waals surface area contributed by atoms with Gasteiger partial charge in [-0.25, -0.2) is 4.98 Å². The fraction of sp³-hybridized carbons (Fsp3) is 0.800. The number of likely N-dealkylation sites (tertiary alicyclic amines) is 1. The van der Waals surface area contributed by atoms with E-state index < -0.39 is 0 Å². The SMILES string of the molecule is CNC(C)c1coc(CC2CCCCN2C(C)C)n1. The molecule has 2 atom stereocenters. The van der Waals surface area contributed by atoms with E-state index in [9.17, 15) is 0 Å². The molecule has 1 fully saturated rings. The molecule has 0 amide bonds. The van der Waals surface area contributed by atoms with Gasteiger partial charge in [-0.3, -0.25) is 4.90 Å². The van der Waals surface area contributed by atoms with Crippen molar-refractivity contribution in [2.75, 3.05) is 13.6 Å². The lowest BCUT2D eigenvalue weighted by Crippen LogP contribution is -2.45. The van der Waals surface area contributed by atoms with Gasteiger partial charge in [0, 0.05) is 24.5 Å². The summed E-state index contributed by atoms with van der Waals surface area (Å²) < 4.78 is 5.64. The van der Waals surface area contributed by atoms with Crippen LogP contribution in [0.5, 0.6) is 0 Å². The molecule has 0 aliphatic carbocycles. The average Bonchev–Trinajstić information content (AvgIpc) is 2.86. The zero-order valence-corrected chi connectivity index (χ0v) is 12.6. The Labute approximate surface area is 116 Å². The van der Waals surface area contributed by atoms with Gasteiger partial charge in [0.15, 0.2) is 5.89 Å². The summed E-state index contributed by atoms with van der Waals surface area (Å²) in [6, 6.07) is 1.45. The maximum absolute atomic E-state index is 5.64. The third-order valence-corrected chi connectivity index (χ3v) is 4.19. The van der Waals surface area contributed by atoms with E-state index in [0.29, 0.717) is 12.1 Å². The molecule has 0 spiro atoms. The number of rotatable bonds is 5. The average molecular weight is 265 g/mol. The quantitative estimate of drug-likeness (QED) is 0.889. The molecule has 1 saturated heterocycles. The Morgan fingerprint density at radius 1 is 1.42 bits per heavy atom. The molecule has 1 aromatic heterocycles. The molecule has 2 rings (SSSR count). The third kappa shape index (κ3) is 3.57. The lowest BCUT2D eigenvalue weighted by Gasteiger charge is -2.38. The molecule has 0 aromatic carbocycles. The number of piperidine rings is 1. The molecule has 2 unspecified atom stereocenters. The summed E-state index contributed by atoms with van der Waals surface area (Å²) in [5, 5.41) is 3.19. The molecular formula is C15H27N3O. The third-order valence-electron chi connectivity index (χ3n) is 4.19. The molecule has 0 bridgehead atoms. The number of hydrogen-bond donors (Lipinski definition) is 1. The predicted octanol–water partition coefficient (Wildman–Crippen LogP) is 2.76. The summed E-state index contributed by atoms with van der Waals surface area (Å²) in [7, 11) is 1.95. The van der Waals surface area contributed by atoms with Crippen molar-refractivity contribution in [1.82, 2.24) is 15.2 Å². The first-order valence-electron chi connectivity index (χ1n) is 7.49. The van der Waals surface area contributed by atoms with E-state index in [0.717, 1.165) is 18.0 Å². The second-order valence-corrected chi connectivity index (χ2v) is 5.86. The molecule has 0 saturated carbocycles. The molecule has 1 aliphatic heterocycles. The molecule has 2 heterocycles. The molecule has 4 nitrogen and oxygen atoms in total. The van der Waals surface area contributed by atoms with E-state index in [1.165, 1.54) is 25.8 Å². The minimum Gasteiger partial charge on any atom is -0.449 e. The summed E-state index contributed by atoms with van der Waals surface area (Å²) in [6.45, 7) is 7.87. The Kier molecular flexibility index (Phi) is 4.99. The molecular weight excluding hydrogens is 238 g/mol. The van der Waals surface area contributed by atoms with Crippen LogP contribution in [0.4, 0.5) is 0 Å². The number of nitrogens with one attached hydrogen (secondary N) is 1. The second-order valence-electron chi connectivity index (χ2n) is 5.86. The van der Waals surface area contributed by atoms with Crippen LogP contribution in [0.2, 0.25) is 0 Å². The summed E-state index contributed by atoms with van der Waals surface area (Å²) in [5.41, 5.74) is 1.00. The normalized spacial score (nSPS) is 22.9. The molecule has 1 N–H and O–H groups in total. The number of hydrogen-bond acceptors (Lipinski definition) is 4. The highest BCUT2D eigenvalue weighted by atomic mass is 16.3. The lowest BCUT2D eigenvalue weighted by atomic mass is 9.98.